The van der Waals surface area contributed by atoms with E-state index in [1.165, 1.54) is 7.11 Å². The van der Waals surface area contributed by atoms with Crippen molar-refractivity contribution < 1.29 is 19.4 Å². The van der Waals surface area contributed by atoms with Gasteiger partial charge in [0.25, 0.3) is 5.91 Å². The molecule has 0 saturated heterocycles. The summed E-state index contributed by atoms with van der Waals surface area (Å²) in [6, 6.07) is 9.18. The van der Waals surface area contributed by atoms with Crippen LogP contribution in [0.5, 0.6) is 0 Å². The molecule has 0 radical (unpaired) electrons. The predicted octanol–water partition coefficient (Wildman–Crippen LogP) is 1.89. The Morgan fingerprint density at radius 1 is 1.35 bits per heavy atom. The SMILES string of the molecule is COC(C(=O)NC1(CC(=O)O)CCC1)c1ccccc1. The lowest BCUT2D eigenvalue weighted by Gasteiger charge is -2.42. The standard InChI is InChI=1S/C15H19NO4/c1-20-13(11-6-3-2-4-7-11)14(19)16-15(8-5-9-15)10-12(17)18/h2-4,6-7,13H,5,8-10H2,1H3,(H,16,19)(H,17,18). The lowest BCUT2D eigenvalue weighted by Crippen LogP contribution is -2.55. The summed E-state index contributed by atoms with van der Waals surface area (Å²) >= 11 is 0. The van der Waals surface area contributed by atoms with E-state index in [1.54, 1.807) is 0 Å². The average Bonchev–Trinajstić information content (AvgIpc) is 2.37. The van der Waals surface area contributed by atoms with Gasteiger partial charge in [0, 0.05) is 7.11 Å². The molecular weight excluding hydrogens is 258 g/mol. The normalized spacial score (nSPS) is 17.9. The van der Waals surface area contributed by atoms with Crippen molar-refractivity contribution in [3.8, 4) is 0 Å². The Morgan fingerprint density at radius 3 is 2.45 bits per heavy atom. The predicted molar refractivity (Wildman–Crippen MR) is 73.2 cm³/mol. The van der Waals surface area contributed by atoms with E-state index in [1.807, 2.05) is 30.3 Å². The van der Waals surface area contributed by atoms with Crippen molar-refractivity contribution in [2.45, 2.75) is 37.3 Å². The third-order valence-electron chi connectivity index (χ3n) is 3.76. The summed E-state index contributed by atoms with van der Waals surface area (Å²) in [5.74, 6) is -1.17. The summed E-state index contributed by atoms with van der Waals surface area (Å²) in [4.78, 5) is 23.3. The molecule has 2 rings (SSSR count). The fourth-order valence-electron chi connectivity index (χ4n) is 2.59. The van der Waals surface area contributed by atoms with Crippen LogP contribution < -0.4 is 5.32 Å². The fraction of sp³-hybridized carbons (Fsp3) is 0.467. The number of ether oxygens (including phenoxy) is 1. The monoisotopic (exact) mass is 277 g/mol. The van der Waals surface area contributed by atoms with Gasteiger partial charge in [0.1, 0.15) is 0 Å². The van der Waals surface area contributed by atoms with Gasteiger partial charge in [-0.25, -0.2) is 0 Å². The first kappa shape index (κ1) is 14.5. The topological polar surface area (TPSA) is 75.6 Å². The maximum atomic E-state index is 12.3. The van der Waals surface area contributed by atoms with Gasteiger partial charge in [-0.05, 0) is 24.8 Å². The number of amides is 1. The molecule has 1 aromatic rings. The molecule has 1 unspecified atom stereocenters. The van der Waals surface area contributed by atoms with Gasteiger partial charge in [-0.15, -0.1) is 0 Å². The van der Waals surface area contributed by atoms with Gasteiger partial charge >= 0.3 is 5.97 Å². The molecule has 2 N–H and O–H groups in total. The van der Waals surface area contributed by atoms with Crippen molar-refractivity contribution in [3.63, 3.8) is 0 Å². The Kier molecular flexibility index (Phi) is 4.39. The Bertz CT molecular complexity index is 482. The zero-order valence-electron chi connectivity index (χ0n) is 11.5. The summed E-state index contributed by atoms with van der Waals surface area (Å²) in [6.07, 6.45) is 1.61. The largest absolute Gasteiger partial charge is 0.481 e. The van der Waals surface area contributed by atoms with Crippen molar-refractivity contribution in [1.29, 1.82) is 0 Å². The molecule has 0 spiro atoms. The Labute approximate surface area is 117 Å². The van der Waals surface area contributed by atoms with Crippen LogP contribution in [-0.4, -0.2) is 29.6 Å². The number of nitrogens with one attached hydrogen (secondary N) is 1. The number of carbonyl (C=O) groups excluding carboxylic acids is 1. The van der Waals surface area contributed by atoms with E-state index in [-0.39, 0.29) is 12.3 Å². The third kappa shape index (κ3) is 3.17. The highest BCUT2D eigenvalue weighted by atomic mass is 16.5. The van der Waals surface area contributed by atoms with Crippen LogP contribution in [0.25, 0.3) is 0 Å². The van der Waals surface area contributed by atoms with E-state index in [9.17, 15) is 9.59 Å². The van der Waals surface area contributed by atoms with E-state index in [2.05, 4.69) is 5.32 Å². The summed E-state index contributed by atoms with van der Waals surface area (Å²) < 4.78 is 5.26. The molecule has 0 bridgehead atoms. The summed E-state index contributed by atoms with van der Waals surface area (Å²) in [5, 5.41) is 11.8. The molecule has 1 aliphatic rings. The molecule has 1 amide bonds. The molecule has 1 atom stereocenters. The molecule has 5 heteroatoms. The number of carbonyl (C=O) groups is 2. The first-order valence-corrected chi connectivity index (χ1v) is 6.68. The van der Waals surface area contributed by atoms with Crippen LogP contribution in [0.4, 0.5) is 0 Å². The van der Waals surface area contributed by atoms with Gasteiger partial charge in [0.05, 0.1) is 12.0 Å². The molecule has 0 aromatic heterocycles. The van der Waals surface area contributed by atoms with Gasteiger partial charge < -0.3 is 15.2 Å². The lowest BCUT2D eigenvalue weighted by atomic mass is 9.74. The second-order valence-corrected chi connectivity index (χ2v) is 5.22. The molecule has 20 heavy (non-hydrogen) atoms. The molecule has 5 nitrogen and oxygen atoms in total. The summed E-state index contributed by atoms with van der Waals surface area (Å²) in [7, 11) is 1.47. The number of aliphatic carboxylic acids is 1. The van der Waals surface area contributed by atoms with Crippen LogP contribution in [0, 0.1) is 0 Å². The van der Waals surface area contributed by atoms with Crippen LogP contribution in [0.2, 0.25) is 0 Å². The van der Waals surface area contributed by atoms with Crippen molar-refractivity contribution in [2.24, 2.45) is 0 Å². The van der Waals surface area contributed by atoms with Gasteiger partial charge in [0.15, 0.2) is 6.10 Å². The number of methoxy groups -OCH3 is 1. The van der Waals surface area contributed by atoms with E-state index in [4.69, 9.17) is 9.84 Å². The highest BCUT2D eigenvalue weighted by molar-refractivity contribution is 5.84. The maximum Gasteiger partial charge on any atom is 0.305 e. The van der Waals surface area contributed by atoms with Gasteiger partial charge in [-0.2, -0.15) is 0 Å². The lowest BCUT2D eigenvalue weighted by molar-refractivity contribution is -0.142. The van der Waals surface area contributed by atoms with E-state index < -0.39 is 17.6 Å². The van der Waals surface area contributed by atoms with Crippen molar-refractivity contribution in [1.82, 2.24) is 5.32 Å². The quantitative estimate of drug-likeness (QED) is 0.832. The van der Waals surface area contributed by atoms with Crippen molar-refractivity contribution >= 4 is 11.9 Å². The number of hydrogen-bond donors (Lipinski definition) is 2. The zero-order valence-corrected chi connectivity index (χ0v) is 11.5. The van der Waals surface area contributed by atoms with E-state index in [0.29, 0.717) is 12.8 Å². The first-order chi connectivity index (χ1) is 9.56. The molecule has 1 aromatic carbocycles. The van der Waals surface area contributed by atoms with Crippen LogP contribution in [0.1, 0.15) is 37.4 Å². The van der Waals surface area contributed by atoms with E-state index >= 15 is 0 Å². The van der Waals surface area contributed by atoms with Crippen molar-refractivity contribution in [3.05, 3.63) is 35.9 Å². The Balaban J connectivity index is 2.08. The molecule has 108 valence electrons. The molecule has 1 saturated carbocycles. The zero-order chi connectivity index (χ0) is 14.6. The first-order valence-electron chi connectivity index (χ1n) is 6.68. The third-order valence-corrected chi connectivity index (χ3v) is 3.76. The fourth-order valence-corrected chi connectivity index (χ4v) is 2.59. The second kappa shape index (κ2) is 6.05. The average molecular weight is 277 g/mol. The number of benzene rings is 1. The minimum absolute atomic E-state index is 0.0377. The van der Waals surface area contributed by atoms with Gasteiger partial charge in [-0.3, -0.25) is 9.59 Å². The van der Waals surface area contributed by atoms with Crippen molar-refractivity contribution in [2.75, 3.05) is 7.11 Å². The highest BCUT2D eigenvalue weighted by Gasteiger charge is 2.41. The molecular formula is C15H19NO4. The minimum atomic E-state index is -0.890. The van der Waals surface area contributed by atoms with Gasteiger partial charge in [0.2, 0.25) is 0 Å². The number of carboxylic acid groups (broad SMARTS) is 1. The van der Waals surface area contributed by atoms with Gasteiger partial charge in [-0.1, -0.05) is 30.3 Å². The molecule has 0 heterocycles. The summed E-state index contributed by atoms with van der Waals surface area (Å²) in [5.41, 5.74) is 0.159. The number of hydrogen-bond acceptors (Lipinski definition) is 3. The van der Waals surface area contributed by atoms with Crippen LogP contribution in [0.3, 0.4) is 0 Å². The highest BCUT2D eigenvalue weighted by Crippen LogP contribution is 2.35. The molecule has 1 aliphatic carbocycles. The number of carboxylic acids is 1. The molecule has 0 aliphatic heterocycles. The Hall–Kier alpha value is -1.88. The smallest absolute Gasteiger partial charge is 0.305 e. The second-order valence-electron chi connectivity index (χ2n) is 5.22. The van der Waals surface area contributed by atoms with Crippen LogP contribution >= 0.6 is 0 Å². The Morgan fingerprint density at radius 2 is 2.00 bits per heavy atom. The minimum Gasteiger partial charge on any atom is -0.481 e. The summed E-state index contributed by atoms with van der Waals surface area (Å²) in [6.45, 7) is 0. The van der Waals surface area contributed by atoms with Crippen LogP contribution in [0.15, 0.2) is 30.3 Å². The van der Waals surface area contributed by atoms with Crippen LogP contribution in [-0.2, 0) is 14.3 Å². The number of rotatable bonds is 6. The van der Waals surface area contributed by atoms with E-state index in [0.717, 1.165) is 12.0 Å². The molecule has 1 fully saturated rings. The maximum absolute atomic E-state index is 12.3.